The van der Waals surface area contributed by atoms with Crippen molar-refractivity contribution in [1.29, 1.82) is 0 Å². The maximum atomic E-state index is 4.59. The summed E-state index contributed by atoms with van der Waals surface area (Å²) in [7, 11) is 0. The molecule has 0 radical (unpaired) electrons. The molecule has 0 N–H and O–H groups in total. The number of fused-ring (bicyclic) bond motifs is 5. The molecule has 0 amide bonds. The molecule has 88 valence electrons. The molecule has 4 aromatic rings. The van der Waals surface area contributed by atoms with Crippen LogP contribution in [0.3, 0.4) is 0 Å². The molecule has 0 bridgehead atoms. The fraction of sp³-hybridized carbons (Fsp3) is 0.167. The molecule has 0 aliphatic rings. The minimum atomic E-state index is 0.847. The standard InChI is InChI=1S/C12H9N5S/c1-6-3-7(2)16-12-8(6)9-10(18-12)11-13-4-15-17(11)5-14-9/h3-5H,1-2H3. The van der Waals surface area contributed by atoms with Crippen molar-refractivity contribution in [2.24, 2.45) is 0 Å². The number of hydrogen-bond acceptors (Lipinski definition) is 5. The minimum Gasteiger partial charge on any atom is -0.242 e. The molecule has 0 aromatic carbocycles. The van der Waals surface area contributed by atoms with Crippen LogP contribution >= 0.6 is 11.3 Å². The zero-order valence-electron chi connectivity index (χ0n) is 9.88. The second-order valence-corrected chi connectivity index (χ2v) is 5.31. The van der Waals surface area contributed by atoms with Gasteiger partial charge in [-0.2, -0.15) is 5.10 Å². The molecular formula is C12H9N5S. The molecule has 0 unspecified atom stereocenters. The van der Waals surface area contributed by atoms with E-state index in [-0.39, 0.29) is 0 Å². The molecule has 0 aliphatic heterocycles. The molecule has 5 nitrogen and oxygen atoms in total. The Balaban J connectivity index is 2.33. The summed E-state index contributed by atoms with van der Waals surface area (Å²) in [6.07, 6.45) is 3.25. The van der Waals surface area contributed by atoms with Crippen LogP contribution < -0.4 is 0 Å². The van der Waals surface area contributed by atoms with E-state index in [1.807, 2.05) is 6.92 Å². The van der Waals surface area contributed by atoms with E-state index in [0.29, 0.717) is 0 Å². The molecule has 0 saturated heterocycles. The number of aryl methyl sites for hydroxylation is 2. The van der Waals surface area contributed by atoms with Crippen LogP contribution in [0.25, 0.3) is 26.1 Å². The van der Waals surface area contributed by atoms with Gasteiger partial charge in [0.2, 0.25) is 0 Å². The minimum absolute atomic E-state index is 0.847. The Hall–Kier alpha value is -2.08. The van der Waals surface area contributed by atoms with Gasteiger partial charge in [-0.05, 0) is 25.5 Å². The highest BCUT2D eigenvalue weighted by molar-refractivity contribution is 7.26. The van der Waals surface area contributed by atoms with Crippen molar-refractivity contribution in [2.75, 3.05) is 0 Å². The maximum Gasteiger partial charge on any atom is 0.176 e. The summed E-state index contributed by atoms with van der Waals surface area (Å²) in [6, 6.07) is 2.09. The third-order valence-electron chi connectivity index (χ3n) is 3.03. The molecule has 4 rings (SSSR count). The fourth-order valence-corrected chi connectivity index (χ4v) is 3.54. The Kier molecular flexibility index (Phi) is 1.78. The van der Waals surface area contributed by atoms with Crippen molar-refractivity contribution < 1.29 is 0 Å². The first kappa shape index (κ1) is 9.90. The fourth-order valence-electron chi connectivity index (χ4n) is 2.31. The molecule has 0 fully saturated rings. The van der Waals surface area contributed by atoms with Gasteiger partial charge in [0.25, 0.3) is 0 Å². The number of aromatic nitrogens is 5. The lowest BCUT2D eigenvalue weighted by Gasteiger charge is -1.98. The van der Waals surface area contributed by atoms with E-state index < -0.39 is 0 Å². The van der Waals surface area contributed by atoms with Crippen molar-refractivity contribution in [1.82, 2.24) is 24.6 Å². The van der Waals surface area contributed by atoms with Crippen molar-refractivity contribution in [3.63, 3.8) is 0 Å². The van der Waals surface area contributed by atoms with Crippen LogP contribution in [0.4, 0.5) is 0 Å². The molecule has 0 spiro atoms. The molecule has 0 atom stereocenters. The molecule has 4 heterocycles. The lowest BCUT2D eigenvalue weighted by molar-refractivity contribution is 0.936. The Labute approximate surface area is 106 Å². The van der Waals surface area contributed by atoms with Crippen molar-refractivity contribution in [3.8, 4) is 0 Å². The van der Waals surface area contributed by atoms with Crippen molar-refractivity contribution in [3.05, 3.63) is 30.0 Å². The van der Waals surface area contributed by atoms with Crippen LogP contribution in [-0.4, -0.2) is 24.6 Å². The summed E-state index contributed by atoms with van der Waals surface area (Å²) >= 11 is 1.63. The van der Waals surface area contributed by atoms with Crippen LogP contribution in [-0.2, 0) is 0 Å². The van der Waals surface area contributed by atoms with E-state index in [9.17, 15) is 0 Å². The zero-order chi connectivity index (χ0) is 12.3. The first-order valence-electron chi connectivity index (χ1n) is 5.59. The number of hydrogen-bond donors (Lipinski definition) is 0. The molecule has 0 aliphatic carbocycles. The number of pyridine rings is 1. The average molecular weight is 255 g/mol. The highest BCUT2D eigenvalue weighted by Gasteiger charge is 2.14. The van der Waals surface area contributed by atoms with Gasteiger partial charge in [-0.1, -0.05) is 0 Å². The predicted octanol–water partition coefficient (Wildman–Crippen LogP) is 2.50. The molecule has 6 heteroatoms. The summed E-state index contributed by atoms with van der Waals surface area (Å²) in [5.41, 5.74) is 4.06. The lowest BCUT2D eigenvalue weighted by Crippen LogP contribution is -1.89. The normalized spacial score (nSPS) is 11.9. The predicted molar refractivity (Wildman–Crippen MR) is 70.9 cm³/mol. The summed E-state index contributed by atoms with van der Waals surface area (Å²) in [5.74, 6) is 0. The van der Waals surface area contributed by atoms with Gasteiger partial charge in [-0.15, -0.1) is 11.3 Å². The monoisotopic (exact) mass is 255 g/mol. The van der Waals surface area contributed by atoms with Crippen molar-refractivity contribution >= 4 is 37.4 Å². The maximum absolute atomic E-state index is 4.59. The zero-order valence-corrected chi connectivity index (χ0v) is 10.7. The first-order valence-corrected chi connectivity index (χ1v) is 6.40. The quantitative estimate of drug-likeness (QED) is 0.484. The molecule has 18 heavy (non-hydrogen) atoms. The number of thiophene rings is 1. The van der Waals surface area contributed by atoms with E-state index in [2.05, 4.69) is 33.0 Å². The van der Waals surface area contributed by atoms with E-state index in [0.717, 1.165) is 31.8 Å². The smallest absolute Gasteiger partial charge is 0.176 e. The van der Waals surface area contributed by atoms with Crippen molar-refractivity contribution in [2.45, 2.75) is 13.8 Å². The summed E-state index contributed by atoms with van der Waals surface area (Å²) in [5, 5.41) is 5.24. The van der Waals surface area contributed by atoms with Gasteiger partial charge in [0.15, 0.2) is 5.65 Å². The number of rotatable bonds is 0. The molecule has 0 saturated carbocycles. The summed E-state index contributed by atoms with van der Waals surface area (Å²) in [4.78, 5) is 14.4. The summed E-state index contributed by atoms with van der Waals surface area (Å²) < 4.78 is 2.74. The second-order valence-electron chi connectivity index (χ2n) is 4.31. The average Bonchev–Trinajstić information content (AvgIpc) is 2.89. The van der Waals surface area contributed by atoms with Crippen LogP contribution in [0, 0.1) is 13.8 Å². The third kappa shape index (κ3) is 1.15. The van der Waals surface area contributed by atoms with Gasteiger partial charge in [0, 0.05) is 11.1 Å². The molecular weight excluding hydrogens is 246 g/mol. The van der Waals surface area contributed by atoms with E-state index in [1.165, 1.54) is 5.56 Å². The highest BCUT2D eigenvalue weighted by Crippen LogP contribution is 2.35. The largest absolute Gasteiger partial charge is 0.242 e. The van der Waals surface area contributed by atoms with Gasteiger partial charge in [-0.25, -0.2) is 19.5 Å². The van der Waals surface area contributed by atoms with Gasteiger partial charge in [-0.3, -0.25) is 0 Å². The Morgan fingerprint density at radius 2 is 2.11 bits per heavy atom. The van der Waals surface area contributed by atoms with Gasteiger partial charge < -0.3 is 0 Å². The van der Waals surface area contributed by atoms with Crippen LogP contribution in [0.15, 0.2) is 18.7 Å². The summed E-state index contributed by atoms with van der Waals surface area (Å²) in [6.45, 7) is 4.11. The molecule has 4 aromatic heterocycles. The van der Waals surface area contributed by atoms with Gasteiger partial charge in [0.1, 0.15) is 22.2 Å². The SMILES string of the molecule is Cc1cc(C)c2c(n1)sc1c2ncn2ncnc12. The Morgan fingerprint density at radius 3 is 3.00 bits per heavy atom. The van der Waals surface area contributed by atoms with E-state index >= 15 is 0 Å². The first-order chi connectivity index (χ1) is 8.74. The number of nitrogens with zero attached hydrogens (tertiary/aromatic N) is 5. The Morgan fingerprint density at radius 1 is 1.22 bits per heavy atom. The lowest BCUT2D eigenvalue weighted by atomic mass is 10.1. The van der Waals surface area contributed by atoms with Crippen LogP contribution in [0.5, 0.6) is 0 Å². The Bertz CT molecular complexity index is 905. The topological polar surface area (TPSA) is 56.0 Å². The van der Waals surface area contributed by atoms with Gasteiger partial charge in [0.05, 0.1) is 5.52 Å². The van der Waals surface area contributed by atoms with Gasteiger partial charge >= 0.3 is 0 Å². The second kappa shape index (κ2) is 3.23. The van der Waals surface area contributed by atoms with E-state index in [4.69, 9.17) is 0 Å². The highest BCUT2D eigenvalue weighted by atomic mass is 32.1. The van der Waals surface area contributed by atoms with E-state index in [1.54, 1.807) is 28.5 Å². The van der Waals surface area contributed by atoms with Crippen LogP contribution in [0.2, 0.25) is 0 Å². The van der Waals surface area contributed by atoms with Crippen LogP contribution in [0.1, 0.15) is 11.3 Å². The third-order valence-corrected chi connectivity index (χ3v) is 4.10.